The fourth-order valence-electron chi connectivity index (χ4n) is 3.29. The Morgan fingerprint density at radius 1 is 1.00 bits per heavy atom. The van der Waals surface area contributed by atoms with Crippen LogP contribution in [0.4, 0.5) is 5.82 Å². The summed E-state index contributed by atoms with van der Waals surface area (Å²) in [6.45, 7) is 9.38. The van der Waals surface area contributed by atoms with E-state index in [9.17, 15) is 8.42 Å². The summed E-state index contributed by atoms with van der Waals surface area (Å²) < 4.78 is 23.7. The highest BCUT2D eigenvalue weighted by molar-refractivity contribution is 7.90. The van der Waals surface area contributed by atoms with Crippen LogP contribution < -0.4 is 5.32 Å². The Bertz CT molecular complexity index is 845. The number of nitrogens with one attached hydrogen (secondary N) is 1. The van der Waals surface area contributed by atoms with Gasteiger partial charge >= 0.3 is 0 Å². The molecule has 1 aromatic heterocycles. The van der Waals surface area contributed by atoms with E-state index >= 15 is 0 Å². The van der Waals surface area contributed by atoms with Crippen molar-refractivity contribution < 1.29 is 8.42 Å². The maximum Gasteiger partial charge on any atom is 0.179 e. The molecule has 0 unspecified atom stereocenters. The van der Waals surface area contributed by atoms with Crippen LogP contribution in [0.5, 0.6) is 0 Å². The van der Waals surface area contributed by atoms with Crippen molar-refractivity contribution in [1.82, 2.24) is 14.8 Å². The summed E-state index contributed by atoms with van der Waals surface area (Å²) in [6.07, 6.45) is 2.79. The Hall–Kier alpha value is -1.96. The van der Waals surface area contributed by atoms with Gasteiger partial charge in [0.2, 0.25) is 0 Å². The Kier molecular flexibility index (Phi) is 6.46. The molecule has 0 atom stereocenters. The molecule has 0 saturated carbocycles. The lowest BCUT2D eigenvalue weighted by Crippen LogP contribution is -2.45. The van der Waals surface area contributed by atoms with Crippen molar-refractivity contribution in [3.63, 3.8) is 0 Å². The summed E-state index contributed by atoms with van der Waals surface area (Å²) in [5, 5.41) is 3.14. The standard InChI is InChI=1S/C20H28N4O2S/c1-3-23-11-13-24(14-12-23)16-18-8-6-17(7-9-18)15-22-20-19(27(2,25)26)5-4-10-21-20/h4-10H,3,11-16H2,1-2H3,(H,21,22). The minimum absolute atomic E-state index is 0.229. The van der Waals surface area contributed by atoms with Gasteiger partial charge in [-0.25, -0.2) is 13.4 Å². The van der Waals surface area contributed by atoms with Gasteiger partial charge in [-0.15, -0.1) is 0 Å². The minimum atomic E-state index is -3.30. The Balaban J connectivity index is 1.56. The smallest absolute Gasteiger partial charge is 0.179 e. The Labute approximate surface area is 162 Å². The van der Waals surface area contributed by atoms with Crippen molar-refractivity contribution in [3.05, 3.63) is 53.7 Å². The lowest BCUT2D eigenvalue weighted by molar-refractivity contribution is 0.132. The molecule has 2 aromatic rings. The topological polar surface area (TPSA) is 65.5 Å². The average Bonchev–Trinajstić information content (AvgIpc) is 2.67. The number of hydrogen-bond acceptors (Lipinski definition) is 6. The highest BCUT2D eigenvalue weighted by Gasteiger charge is 2.16. The maximum absolute atomic E-state index is 11.9. The van der Waals surface area contributed by atoms with E-state index in [1.807, 2.05) is 0 Å². The predicted molar refractivity (Wildman–Crippen MR) is 109 cm³/mol. The van der Waals surface area contributed by atoms with Gasteiger partial charge in [-0.05, 0) is 29.8 Å². The molecule has 1 aliphatic rings. The average molecular weight is 389 g/mol. The fourth-order valence-corrected chi connectivity index (χ4v) is 4.09. The van der Waals surface area contributed by atoms with E-state index in [-0.39, 0.29) is 4.90 Å². The van der Waals surface area contributed by atoms with Crippen molar-refractivity contribution in [2.24, 2.45) is 0 Å². The van der Waals surface area contributed by atoms with E-state index in [2.05, 4.69) is 51.3 Å². The fraction of sp³-hybridized carbons (Fsp3) is 0.450. The Morgan fingerprint density at radius 2 is 1.63 bits per heavy atom. The first-order valence-electron chi connectivity index (χ1n) is 9.37. The normalized spacial score (nSPS) is 16.4. The maximum atomic E-state index is 11.9. The summed E-state index contributed by atoms with van der Waals surface area (Å²) in [7, 11) is -3.30. The van der Waals surface area contributed by atoms with Gasteiger partial charge in [-0.2, -0.15) is 0 Å². The van der Waals surface area contributed by atoms with Gasteiger partial charge < -0.3 is 10.2 Å². The second-order valence-corrected chi connectivity index (χ2v) is 8.99. The van der Waals surface area contributed by atoms with E-state index in [4.69, 9.17) is 0 Å². The molecule has 146 valence electrons. The minimum Gasteiger partial charge on any atom is -0.365 e. The largest absolute Gasteiger partial charge is 0.365 e. The first-order valence-corrected chi connectivity index (χ1v) is 11.3. The van der Waals surface area contributed by atoms with Crippen molar-refractivity contribution >= 4 is 15.7 Å². The lowest BCUT2D eigenvalue weighted by atomic mass is 10.1. The number of benzene rings is 1. The molecule has 0 radical (unpaired) electrons. The zero-order chi connectivity index (χ0) is 19.3. The van der Waals surface area contributed by atoms with Crippen LogP contribution in [0.2, 0.25) is 0 Å². The number of pyridine rings is 1. The highest BCUT2D eigenvalue weighted by Crippen LogP contribution is 2.19. The predicted octanol–water partition coefficient (Wildman–Crippen LogP) is 2.23. The van der Waals surface area contributed by atoms with Crippen LogP contribution in [-0.2, 0) is 22.9 Å². The van der Waals surface area contributed by atoms with Crippen LogP contribution in [0.15, 0.2) is 47.5 Å². The number of nitrogens with zero attached hydrogens (tertiary/aromatic N) is 3. The van der Waals surface area contributed by atoms with Crippen molar-refractivity contribution in [3.8, 4) is 0 Å². The molecule has 1 N–H and O–H groups in total. The molecule has 0 bridgehead atoms. The first kappa shape index (κ1) is 19.8. The van der Waals surface area contributed by atoms with Gasteiger partial charge in [-0.3, -0.25) is 4.90 Å². The van der Waals surface area contributed by atoms with Crippen LogP contribution in [0.3, 0.4) is 0 Å². The zero-order valence-corrected chi connectivity index (χ0v) is 16.9. The summed E-state index contributed by atoms with van der Waals surface area (Å²) in [6, 6.07) is 11.7. The lowest BCUT2D eigenvalue weighted by Gasteiger charge is -2.34. The molecule has 1 fully saturated rings. The summed E-state index contributed by atoms with van der Waals surface area (Å²) >= 11 is 0. The van der Waals surface area contributed by atoms with E-state index in [0.717, 1.165) is 44.8 Å². The van der Waals surface area contributed by atoms with Crippen molar-refractivity contribution in [2.75, 3.05) is 44.3 Å². The number of anilines is 1. The Morgan fingerprint density at radius 3 is 2.26 bits per heavy atom. The summed E-state index contributed by atoms with van der Waals surface area (Å²) in [5.41, 5.74) is 2.40. The molecule has 27 heavy (non-hydrogen) atoms. The molecule has 1 aliphatic heterocycles. The number of aromatic nitrogens is 1. The van der Waals surface area contributed by atoms with Gasteiger partial charge in [0.25, 0.3) is 0 Å². The van der Waals surface area contributed by atoms with Gasteiger partial charge in [0.1, 0.15) is 10.7 Å². The SMILES string of the molecule is CCN1CCN(Cc2ccc(CNc3ncccc3S(C)(=O)=O)cc2)CC1. The first-order chi connectivity index (χ1) is 13.0. The molecule has 7 heteroatoms. The van der Waals surface area contributed by atoms with Crippen molar-refractivity contribution in [2.45, 2.75) is 24.9 Å². The van der Waals surface area contributed by atoms with Gasteiger partial charge in [-0.1, -0.05) is 31.2 Å². The monoisotopic (exact) mass is 388 g/mol. The molecule has 0 amide bonds. The van der Waals surface area contributed by atoms with Crippen LogP contribution in [0, 0.1) is 0 Å². The molecular weight excluding hydrogens is 360 g/mol. The van der Waals surface area contributed by atoms with E-state index < -0.39 is 9.84 Å². The molecule has 2 heterocycles. The molecule has 1 aromatic carbocycles. The summed E-state index contributed by atoms with van der Waals surface area (Å²) in [4.78, 5) is 9.37. The van der Waals surface area contributed by atoms with Gasteiger partial charge in [0, 0.05) is 51.7 Å². The van der Waals surface area contributed by atoms with E-state index in [1.54, 1.807) is 18.3 Å². The zero-order valence-electron chi connectivity index (χ0n) is 16.1. The van der Waals surface area contributed by atoms with Crippen molar-refractivity contribution in [1.29, 1.82) is 0 Å². The molecule has 1 saturated heterocycles. The van der Waals surface area contributed by atoms with Gasteiger partial charge in [0.05, 0.1) is 0 Å². The number of rotatable bonds is 7. The molecule has 6 nitrogen and oxygen atoms in total. The molecule has 0 aliphatic carbocycles. The third kappa shape index (κ3) is 5.51. The third-order valence-corrected chi connectivity index (χ3v) is 6.10. The summed E-state index contributed by atoms with van der Waals surface area (Å²) in [5.74, 6) is 0.401. The number of sulfone groups is 1. The number of hydrogen-bond donors (Lipinski definition) is 1. The highest BCUT2D eigenvalue weighted by atomic mass is 32.2. The molecule has 0 spiro atoms. The van der Waals surface area contributed by atoms with Gasteiger partial charge in [0.15, 0.2) is 9.84 Å². The van der Waals surface area contributed by atoms with Crippen LogP contribution >= 0.6 is 0 Å². The van der Waals surface area contributed by atoms with E-state index in [0.29, 0.717) is 12.4 Å². The molecular formula is C20H28N4O2S. The molecule has 3 rings (SSSR count). The third-order valence-electron chi connectivity index (χ3n) is 4.97. The quantitative estimate of drug-likeness (QED) is 0.785. The van der Waals surface area contributed by atoms with Crippen LogP contribution in [0.25, 0.3) is 0 Å². The second-order valence-electron chi connectivity index (χ2n) is 7.00. The second kappa shape index (κ2) is 8.82. The van der Waals surface area contributed by atoms with E-state index in [1.165, 1.54) is 11.8 Å². The van der Waals surface area contributed by atoms with Crippen LogP contribution in [0.1, 0.15) is 18.1 Å². The van der Waals surface area contributed by atoms with Crippen LogP contribution in [-0.4, -0.2) is 62.2 Å². The number of likely N-dealkylation sites (N-methyl/N-ethyl adjacent to an activating group) is 1. The number of piperazine rings is 1.